The van der Waals surface area contributed by atoms with Gasteiger partial charge in [-0.05, 0) is 17.2 Å². The molecule has 0 heterocycles. The molecule has 0 saturated heterocycles. The number of ketones is 1. The van der Waals surface area contributed by atoms with Crippen molar-refractivity contribution in [2.24, 2.45) is 10.8 Å². The summed E-state index contributed by atoms with van der Waals surface area (Å²) in [6.45, 7) is 3.10. The van der Waals surface area contributed by atoms with E-state index in [4.69, 9.17) is 9.47 Å². The van der Waals surface area contributed by atoms with Gasteiger partial charge in [0.1, 0.15) is 0 Å². The lowest BCUT2D eigenvalue weighted by atomic mass is 9.63. The lowest BCUT2D eigenvalue weighted by Gasteiger charge is -2.37. The average molecular weight is 302 g/mol. The van der Waals surface area contributed by atoms with Crippen molar-refractivity contribution >= 4 is 23.3 Å². The number of methoxy groups -OCH3 is 2. The summed E-state index contributed by atoms with van der Waals surface area (Å²) in [6, 6.07) is 8.82. The van der Waals surface area contributed by atoms with Crippen LogP contribution in [-0.4, -0.2) is 31.9 Å². The summed E-state index contributed by atoms with van der Waals surface area (Å²) in [5.74, 6) is -1.92. The van der Waals surface area contributed by atoms with Gasteiger partial charge in [0.25, 0.3) is 0 Å². The van der Waals surface area contributed by atoms with Crippen LogP contribution in [0.5, 0.6) is 0 Å². The van der Waals surface area contributed by atoms with Crippen LogP contribution in [0.1, 0.15) is 19.4 Å². The number of allylic oxidation sites excluding steroid dienone is 1. The van der Waals surface area contributed by atoms with Gasteiger partial charge in [0, 0.05) is 0 Å². The molecule has 0 spiro atoms. The summed E-state index contributed by atoms with van der Waals surface area (Å²) in [4.78, 5) is 37.6. The predicted octanol–water partition coefficient (Wildman–Crippen LogP) is 2.01. The molecule has 0 aromatic heterocycles. The second kappa shape index (κ2) is 5.40. The molecular weight excluding hydrogens is 284 g/mol. The highest BCUT2D eigenvalue weighted by Gasteiger charge is 2.67. The fourth-order valence-corrected chi connectivity index (χ4v) is 2.98. The Bertz CT molecular complexity index is 639. The van der Waals surface area contributed by atoms with Crippen molar-refractivity contribution in [3.05, 3.63) is 42.0 Å². The van der Waals surface area contributed by atoms with E-state index in [1.807, 2.05) is 6.07 Å². The van der Waals surface area contributed by atoms with Crippen molar-refractivity contribution in [3.8, 4) is 0 Å². The molecule has 1 aromatic carbocycles. The van der Waals surface area contributed by atoms with Crippen molar-refractivity contribution in [1.82, 2.24) is 0 Å². The largest absolute Gasteiger partial charge is 0.468 e. The van der Waals surface area contributed by atoms with Crippen molar-refractivity contribution in [1.29, 1.82) is 0 Å². The molecule has 0 N–H and O–H groups in total. The molecule has 1 aliphatic carbocycles. The molecule has 0 bridgehead atoms. The van der Waals surface area contributed by atoms with Crippen LogP contribution in [0.25, 0.3) is 5.57 Å². The molecule has 2 rings (SSSR count). The standard InChI is InChI=1S/C17H18O5/c1-16(2)13(18)10-12(11-8-6-5-7-9-11)17(16,14(19)21-3)15(20)22-4/h5-10H,1-4H3. The van der Waals surface area contributed by atoms with Gasteiger partial charge in [-0.2, -0.15) is 0 Å². The molecule has 116 valence electrons. The Balaban J connectivity index is 2.80. The van der Waals surface area contributed by atoms with Gasteiger partial charge in [0.05, 0.1) is 19.6 Å². The Morgan fingerprint density at radius 3 is 1.91 bits per heavy atom. The fraction of sp³-hybridized carbons (Fsp3) is 0.353. The van der Waals surface area contributed by atoms with E-state index in [2.05, 4.69) is 0 Å². The number of ether oxygens (including phenoxy) is 2. The summed E-state index contributed by atoms with van der Waals surface area (Å²) in [5.41, 5.74) is -2.19. The third-order valence-electron chi connectivity index (χ3n) is 4.30. The molecular formula is C17H18O5. The SMILES string of the molecule is COC(=O)C1(C(=O)OC)C(c2ccccc2)=CC(=O)C1(C)C. The van der Waals surface area contributed by atoms with E-state index >= 15 is 0 Å². The topological polar surface area (TPSA) is 69.7 Å². The van der Waals surface area contributed by atoms with Crippen LogP contribution in [0.2, 0.25) is 0 Å². The maximum atomic E-state index is 12.6. The number of benzene rings is 1. The molecule has 5 nitrogen and oxygen atoms in total. The van der Waals surface area contributed by atoms with E-state index in [-0.39, 0.29) is 5.78 Å². The Morgan fingerprint density at radius 1 is 0.955 bits per heavy atom. The Labute approximate surface area is 128 Å². The van der Waals surface area contributed by atoms with Gasteiger partial charge in [-0.25, -0.2) is 0 Å². The quantitative estimate of drug-likeness (QED) is 0.631. The summed E-state index contributed by atoms with van der Waals surface area (Å²) < 4.78 is 9.73. The fourth-order valence-electron chi connectivity index (χ4n) is 2.98. The minimum Gasteiger partial charge on any atom is -0.468 e. The molecule has 0 fully saturated rings. The first kappa shape index (κ1) is 15.9. The number of rotatable bonds is 3. The molecule has 1 aliphatic rings. The monoisotopic (exact) mass is 302 g/mol. The maximum Gasteiger partial charge on any atom is 0.328 e. The highest BCUT2D eigenvalue weighted by atomic mass is 16.5. The first-order chi connectivity index (χ1) is 10.3. The molecule has 5 heteroatoms. The van der Waals surface area contributed by atoms with Crippen molar-refractivity contribution in [3.63, 3.8) is 0 Å². The van der Waals surface area contributed by atoms with E-state index < -0.39 is 22.8 Å². The van der Waals surface area contributed by atoms with Crippen LogP contribution in [-0.2, 0) is 23.9 Å². The predicted molar refractivity (Wildman–Crippen MR) is 79.7 cm³/mol. The second-order valence-electron chi connectivity index (χ2n) is 5.65. The molecule has 0 radical (unpaired) electrons. The zero-order valence-electron chi connectivity index (χ0n) is 13.0. The molecule has 1 aromatic rings. The molecule has 0 aliphatic heterocycles. The normalized spacial score (nSPS) is 18.5. The number of carbonyl (C=O) groups is 3. The van der Waals surface area contributed by atoms with E-state index in [9.17, 15) is 14.4 Å². The third-order valence-corrected chi connectivity index (χ3v) is 4.30. The zero-order valence-corrected chi connectivity index (χ0v) is 13.0. The number of hydrogen-bond acceptors (Lipinski definition) is 5. The number of esters is 2. The third kappa shape index (κ3) is 1.89. The smallest absolute Gasteiger partial charge is 0.328 e. The van der Waals surface area contributed by atoms with Crippen LogP contribution in [0.15, 0.2) is 36.4 Å². The maximum absolute atomic E-state index is 12.6. The van der Waals surface area contributed by atoms with Gasteiger partial charge in [-0.3, -0.25) is 14.4 Å². The van der Waals surface area contributed by atoms with Crippen molar-refractivity contribution < 1.29 is 23.9 Å². The zero-order chi connectivity index (χ0) is 16.5. The average Bonchev–Trinajstić information content (AvgIpc) is 2.74. The minimum absolute atomic E-state index is 0.307. The van der Waals surface area contributed by atoms with Gasteiger partial charge < -0.3 is 9.47 Å². The van der Waals surface area contributed by atoms with Gasteiger partial charge in [-0.1, -0.05) is 44.2 Å². The van der Waals surface area contributed by atoms with Crippen molar-refractivity contribution in [2.75, 3.05) is 14.2 Å². The Hall–Kier alpha value is -2.43. The summed E-state index contributed by atoms with van der Waals surface area (Å²) in [7, 11) is 2.38. The lowest BCUT2D eigenvalue weighted by Crippen LogP contribution is -2.52. The van der Waals surface area contributed by atoms with Crippen LogP contribution in [0.3, 0.4) is 0 Å². The van der Waals surface area contributed by atoms with Gasteiger partial charge in [-0.15, -0.1) is 0 Å². The van der Waals surface area contributed by atoms with E-state index in [0.29, 0.717) is 11.1 Å². The first-order valence-electron chi connectivity index (χ1n) is 6.83. The van der Waals surface area contributed by atoms with Gasteiger partial charge >= 0.3 is 11.9 Å². The van der Waals surface area contributed by atoms with E-state index in [1.165, 1.54) is 20.3 Å². The van der Waals surface area contributed by atoms with Crippen LogP contribution < -0.4 is 0 Å². The van der Waals surface area contributed by atoms with E-state index in [1.54, 1.807) is 38.1 Å². The second-order valence-corrected chi connectivity index (χ2v) is 5.65. The first-order valence-corrected chi connectivity index (χ1v) is 6.83. The lowest BCUT2D eigenvalue weighted by molar-refractivity contribution is -0.173. The minimum atomic E-state index is -1.81. The van der Waals surface area contributed by atoms with Crippen LogP contribution >= 0.6 is 0 Å². The summed E-state index contributed by atoms with van der Waals surface area (Å²) >= 11 is 0. The van der Waals surface area contributed by atoms with Crippen LogP contribution in [0.4, 0.5) is 0 Å². The summed E-state index contributed by atoms with van der Waals surface area (Å²) in [6.07, 6.45) is 1.34. The summed E-state index contributed by atoms with van der Waals surface area (Å²) in [5, 5.41) is 0. The highest BCUT2D eigenvalue weighted by Crippen LogP contribution is 2.56. The molecule has 0 saturated carbocycles. The van der Waals surface area contributed by atoms with Gasteiger partial charge in [0.2, 0.25) is 5.41 Å². The molecule has 0 amide bonds. The molecule has 0 unspecified atom stereocenters. The highest BCUT2D eigenvalue weighted by molar-refractivity contribution is 6.24. The van der Waals surface area contributed by atoms with Crippen LogP contribution in [0, 0.1) is 10.8 Å². The Kier molecular flexibility index (Phi) is 3.92. The number of carbonyl (C=O) groups excluding carboxylic acids is 3. The molecule has 22 heavy (non-hydrogen) atoms. The van der Waals surface area contributed by atoms with Gasteiger partial charge in [0.15, 0.2) is 5.78 Å². The number of hydrogen-bond donors (Lipinski definition) is 0. The molecule has 0 atom stereocenters. The van der Waals surface area contributed by atoms with Crippen molar-refractivity contribution in [2.45, 2.75) is 13.8 Å². The van der Waals surface area contributed by atoms with E-state index in [0.717, 1.165) is 0 Å². The Morgan fingerprint density at radius 2 is 1.45 bits per heavy atom.